The van der Waals surface area contributed by atoms with Crippen molar-refractivity contribution in [3.8, 4) is 0 Å². The molecule has 0 fully saturated rings. The molecule has 3 aromatic rings. The maximum absolute atomic E-state index is 13.7. The summed E-state index contributed by atoms with van der Waals surface area (Å²) in [4.78, 5) is 28.0. The van der Waals surface area contributed by atoms with E-state index in [-0.39, 0.29) is 18.7 Å². The minimum absolute atomic E-state index is 0.0255. The normalized spacial score (nSPS) is 12.0. The average molecular weight is 532 g/mol. The van der Waals surface area contributed by atoms with Gasteiger partial charge in [-0.15, -0.1) is 0 Å². The Labute approximate surface area is 215 Å². The molecule has 10 heteroatoms. The molecular weight excluding hydrogens is 505 g/mol. The molecule has 2 amide bonds. The van der Waals surface area contributed by atoms with Crippen LogP contribution in [-0.4, -0.2) is 51.0 Å². The Bertz CT molecular complexity index is 1290. The first-order valence-electron chi connectivity index (χ1n) is 11.1. The Balaban J connectivity index is 2.00. The van der Waals surface area contributed by atoms with Crippen molar-refractivity contribution in [2.45, 2.75) is 19.0 Å². The van der Waals surface area contributed by atoms with E-state index in [1.54, 1.807) is 0 Å². The summed E-state index contributed by atoms with van der Waals surface area (Å²) in [6.45, 7) is -0.563. The zero-order valence-corrected chi connectivity index (χ0v) is 21.5. The summed E-state index contributed by atoms with van der Waals surface area (Å²) < 4.78 is 39.7. The topological polar surface area (TPSA) is 86.8 Å². The van der Waals surface area contributed by atoms with Crippen molar-refractivity contribution in [2.75, 3.05) is 24.2 Å². The van der Waals surface area contributed by atoms with Crippen LogP contribution in [0.2, 0.25) is 5.02 Å². The minimum atomic E-state index is -3.86. The van der Waals surface area contributed by atoms with E-state index in [9.17, 15) is 22.4 Å². The Hall–Kier alpha value is -3.43. The van der Waals surface area contributed by atoms with Gasteiger partial charge >= 0.3 is 0 Å². The number of benzene rings is 3. The van der Waals surface area contributed by atoms with Crippen molar-refractivity contribution in [1.29, 1.82) is 0 Å². The molecule has 0 aliphatic carbocycles. The number of anilines is 1. The van der Waals surface area contributed by atoms with Gasteiger partial charge in [-0.1, -0.05) is 54.1 Å². The number of carbonyl (C=O) groups is 2. The molecule has 7 nitrogen and oxygen atoms in total. The van der Waals surface area contributed by atoms with Gasteiger partial charge in [0.05, 0.1) is 11.9 Å². The molecule has 0 aliphatic heterocycles. The van der Waals surface area contributed by atoms with Crippen molar-refractivity contribution in [2.24, 2.45) is 0 Å². The number of halogens is 2. The lowest BCUT2D eigenvalue weighted by molar-refractivity contribution is -0.139. The van der Waals surface area contributed by atoms with Crippen LogP contribution >= 0.6 is 11.6 Å². The van der Waals surface area contributed by atoms with Crippen LogP contribution in [0, 0.1) is 5.82 Å². The van der Waals surface area contributed by atoms with Gasteiger partial charge in [0.1, 0.15) is 18.4 Å². The first kappa shape index (κ1) is 27.2. The van der Waals surface area contributed by atoms with Gasteiger partial charge in [-0.3, -0.25) is 13.9 Å². The van der Waals surface area contributed by atoms with Crippen LogP contribution in [0.25, 0.3) is 0 Å². The second kappa shape index (κ2) is 12.0. The van der Waals surface area contributed by atoms with Gasteiger partial charge in [0.2, 0.25) is 21.8 Å². The molecule has 0 bridgehead atoms. The average Bonchev–Trinajstić information content (AvgIpc) is 2.86. The van der Waals surface area contributed by atoms with Gasteiger partial charge in [0.25, 0.3) is 0 Å². The first-order valence-corrected chi connectivity index (χ1v) is 13.3. The van der Waals surface area contributed by atoms with Crippen molar-refractivity contribution < 1.29 is 22.4 Å². The summed E-state index contributed by atoms with van der Waals surface area (Å²) >= 11 is 5.94. The maximum Gasteiger partial charge on any atom is 0.244 e. The van der Waals surface area contributed by atoms with Crippen LogP contribution in [-0.2, 0) is 32.6 Å². The number of nitrogens with zero attached hydrogens (tertiary/aromatic N) is 2. The molecule has 0 radical (unpaired) electrons. The molecule has 0 saturated heterocycles. The standard InChI is InChI=1S/C26H27ClFN3O4S/c1-29-26(33)24(16-19-6-4-3-5-7-19)30(17-20-8-12-22(28)13-9-20)25(32)18-31(36(2,34)35)23-14-10-21(27)11-15-23/h3-15,24H,16-18H2,1-2H3,(H,29,33)/t24-/m1/s1. The highest BCUT2D eigenvalue weighted by Crippen LogP contribution is 2.22. The minimum Gasteiger partial charge on any atom is -0.357 e. The lowest BCUT2D eigenvalue weighted by atomic mass is 10.0. The van der Waals surface area contributed by atoms with E-state index in [0.29, 0.717) is 10.6 Å². The van der Waals surface area contributed by atoms with E-state index in [1.807, 2.05) is 30.3 Å². The largest absolute Gasteiger partial charge is 0.357 e. The summed E-state index contributed by atoms with van der Waals surface area (Å²) in [6.07, 6.45) is 1.20. The second-order valence-corrected chi connectivity index (χ2v) is 10.6. The number of hydrogen-bond acceptors (Lipinski definition) is 4. The molecule has 1 atom stereocenters. The van der Waals surface area contributed by atoms with Gasteiger partial charge < -0.3 is 10.2 Å². The number of carbonyl (C=O) groups excluding carboxylic acids is 2. The molecule has 190 valence electrons. The quantitative estimate of drug-likeness (QED) is 0.433. The zero-order valence-electron chi connectivity index (χ0n) is 19.9. The number of hydrogen-bond donors (Lipinski definition) is 1. The molecule has 0 unspecified atom stereocenters. The van der Waals surface area contributed by atoms with Crippen molar-refractivity contribution >= 4 is 39.1 Å². The molecule has 0 saturated carbocycles. The number of amides is 2. The van der Waals surface area contributed by atoms with E-state index in [4.69, 9.17) is 11.6 Å². The molecule has 1 N–H and O–H groups in total. The monoisotopic (exact) mass is 531 g/mol. The summed E-state index contributed by atoms with van der Waals surface area (Å²) in [7, 11) is -2.39. The highest BCUT2D eigenvalue weighted by molar-refractivity contribution is 7.92. The van der Waals surface area contributed by atoms with Gasteiger partial charge in [0, 0.05) is 25.0 Å². The fourth-order valence-corrected chi connectivity index (χ4v) is 4.70. The molecule has 0 aliphatic rings. The fraction of sp³-hybridized carbons (Fsp3) is 0.231. The van der Waals surface area contributed by atoms with Gasteiger partial charge in [0.15, 0.2) is 0 Å². The SMILES string of the molecule is CNC(=O)[C@@H](Cc1ccccc1)N(Cc1ccc(F)cc1)C(=O)CN(c1ccc(Cl)cc1)S(C)(=O)=O. The Morgan fingerprint density at radius 3 is 2.11 bits per heavy atom. The molecule has 36 heavy (non-hydrogen) atoms. The van der Waals surface area contributed by atoms with Crippen molar-refractivity contribution in [3.05, 3.63) is 101 Å². The zero-order chi connectivity index (χ0) is 26.3. The van der Waals surface area contributed by atoms with Crippen LogP contribution in [0.15, 0.2) is 78.9 Å². The smallest absolute Gasteiger partial charge is 0.244 e. The predicted molar refractivity (Wildman–Crippen MR) is 139 cm³/mol. The molecule has 3 aromatic carbocycles. The third-order valence-electron chi connectivity index (χ3n) is 5.58. The van der Waals surface area contributed by atoms with Crippen LogP contribution in [0.3, 0.4) is 0 Å². The van der Waals surface area contributed by atoms with E-state index in [1.165, 1.54) is 60.5 Å². The van der Waals surface area contributed by atoms with E-state index in [2.05, 4.69) is 5.32 Å². The molecule has 0 heterocycles. The third kappa shape index (κ3) is 7.29. The van der Waals surface area contributed by atoms with Crippen molar-refractivity contribution in [3.63, 3.8) is 0 Å². The number of nitrogens with one attached hydrogen (secondary N) is 1. The summed E-state index contributed by atoms with van der Waals surface area (Å²) in [5, 5.41) is 3.01. The highest BCUT2D eigenvalue weighted by Gasteiger charge is 2.32. The fourth-order valence-electron chi connectivity index (χ4n) is 3.73. The predicted octanol–water partition coefficient (Wildman–Crippen LogP) is 3.63. The lowest BCUT2D eigenvalue weighted by Crippen LogP contribution is -2.52. The summed E-state index contributed by atoms with van der Waals surface area (Å²) in [5.41, 5.74) is 1.67. The number of sulfonamides is 1. The van der Waals surface area contributed by atoms with E-state index < -0.39 is 40.2 Å². The van der Waals surface area contributed by atoms with Gasteiger partial charge in [-0.05, 0) is 47.5 Å². The lowest BCUT2D eigenvalue weighted by Gasteiger charge is -2.33. The Morgan fingerprint density at radius 2 is 1.56 bits per heavy atom. The van der Waals surface area contributed by atoms with Crippen LogP contribution in [0.4, 0.5) is 10.1 Å². The molecular formula is C26H27ClFN3O4S. The second-order valence-electron chi connectivity index (χ2n) is 8.21. The molecule has 3 rings (SSSR count). The van der Waals surface area contributed by atoms with Crippen LogP contribution in [0.1, 0.15) is 11.1 Å². The van der Waals surface area contributed by atoms with E-state index in [0.717, 1.165) is 16.1 Å². The van der Waals surface area contributed by atoms with Gasteiger partial charge in [-0.25, -0.2) is 12.8 Å². The Kier molecular flexibility index (Phi) is 9.06. The third-order valence-corrected chi connectivity index (χ3v) is 6.97. The summed E-state index contributed by atoms with van der Waals surface area (Å²) in [6, 6.07) is 19.9. The van der Waals surface area contributed by atoms with Crippen LogP contribution in [0.5, 0.6) is 0 Å². The first-order chi connectivity index (χ1) is 17.1. The van der Waals surface area contributed by atoms with E-state index >= 15 is 0 Å². The maximum atomic E-state index is 13.7. The number of rotatable bonds is 10. The van der Waals surface area contributed by atoms with Gasteiger partial charge in [-0.2, -0.15) is 0 Å². The van der Waals surface area contributed by atoms with Crippen LogP contribution < -0.4 is 9.62 Å². The van der Waals surface area contributed by atoms with Crippen molar-refractivity contribution in [1.82, 2.24) is 10.2 Å². The summed E-state index contributed by atoms with van der Waals surface area (Å²) in [5.74, 6) is -1.44. The Morgan fingerprint density at radius 1 is 0.944 bits per heavy atom. The number of likely N-dealkylation sites (N-methyl/N-ethyl adjacent to an activating group) is 1. The molecule has 0 spiro atoms. The highest BCUT2D eigenvalue weighted by atomic mass is 35.5. The molecule has 0 aromatic heterocycles.